The van der Waals surface area contributed by atoms with E-state index in [1.165, 1.54) is 17.8 Å². The molecule has 5 rings (SSSR count). The number of aromatic nitrogens is 4. The van der Waals surface area contributed by atoms with Crippen LogP contribution in [0.1, 0.15) is 11.5 Å². The molecule has 0 aliphatic rings. The number of oxazole rings is 1. The highest BCUT2D eigenvalue weighted by Crippen LogP contribution is 2.28. The van der Waals surface area contributed by atoms with Crippen LogP contribution >= 0.6 is 23.1 Å². The van der Waals surface area contributed by atoms with Crippen LogP contribution in [0.5, 0.6) is 5.75 Å². The minimum absolute atomic E-state index is 0.0792. The second kappa shape index (κ2) is 9.37. The quantitative estimate of drug-likeness (QED) is 0.263. The summed E-state index contributed by atoms with van der Waals surface area (Å²) in [6.07, 6.45) is 1.66. The van der Waals surface area contributed by atoms with Gasteiger partial charge in [0.05, 0.1) is 10.6 Å². The largest absolute Gasteiger partial charge is 0.483 e. The number of halogens is 1. The first-order chi connectivity index (χ1) is 15.8. The van der Waals surface area contributed by atoms with Crippen LogP contribution in [0, 0.1) is 5.82 Å². The van der Waals surface area contributed by atoms with Crippen LogP contribution in [-0.2, 0) is 12.4 Å². The molecule has 6 nitrogen and oxygen atoms in total. The van der Waals surface area contributed by atoms with E-state index in [1.807, 2.05) is 52.4 Å². The van der Waals surface area contributed by atoms with Crippen LogP contribution in [-0.4, -0.2) is 19.7 Å². The van der Waals surface area contributed by atoms with Crippen LogP contribution in [0.4, 0.5) is 4.39 Å². The number of hydrogen-bond acceptors (Lipinski definition) is 7. The topological polar surface area (TPSA) is 66.0 Å². The standard InChI is InChI=1S/C23H17FN4O2S2/c24-18-9-4-5-10-19(18)29-14-21-26-27-23(28(21)17-7-2-1-3-8-17)32-15-16-13-30-22(25-16)20-11-6-12-31-20/h1-13H,14-15H2. The minimum atomic E-state index is -0.416. The fraction of sp³-hybridized carbons (Fsp3) is 0.0870. The Labute approximate surface area is 191 Å². The maximum Gasteiger partial charge on any atom is 0.236 e. The number of thioether (sulfide) groups is 1. The Kier molecular flexibility index (Phi) is 6.00. The van der Waals surface area contributed by atoms with Crippen LogP contribution < -0.4 is 4.74 Å². The molecule has 9 heteroatoms. The molecule has 0 spiro atoms. The molecule has 0 saturated carbocycles. The number of hydrogen-bond donors (Lipinski definition) is 0. The van der Waals surface area contributed by atoms with Gasteiger partial charge in [-0.2, -0.15) is 0 Å². The molecule has 0 aliphatic heterocycles. The molecule has 0 fully saturated rings. The summed E-state index contributed by atoms with van der Waals surface area (Å²) < 4.78 is 27.1. The average Bonchev–Trinajstić information content (AvgIpc) is 3.58. The van der Waals surface area contributed by atoms with Crippen molar-refractivity contribution >= 4 is 23.1 Å². The van der Waals surface area contributed by atoms with Gasteiger partial charge in [0.1, 0.15) is 12.9 Å². The molecule has 0 N–H and O–H groups in total. The molecule has 0 bridgehead atoms. The number of ether oxygens (including phenoxy) is 1. The van der Waals surface area contributed by atoms with Crippen molar-refractivity contribution < 1.29 is 13.5 Å². The third-order valence-electron chi connectivity index (χ3n) is 4.54. The zero-order chi connectivity index (χ0) is 21.8. The zero-order valence-electron chi connectivity index (χ0n) is 16.7. The van der Waals surface area contributed by atoms with E-state index in [9.17, 15) is 4.39 Å². The first-order valence-corrected chi connectivity index (χ1v) is 11.6. The Morgan fingerprint density at radius 2 is 1.84 bits per heavy atom. The summed E-state index contributed by atoms with van der Waals surface area (Å²) in [5.74, 6) is 1.50. The fourth-order valence-corrected chi connectivity index (χ4v) is 4.56. The van der Waals surface area contributed by atoms with Crippen molar-refractivity contribution in [1.82, 2.24) is 19.7 Å². The predicted molar refractivity (Wildman–Crippen MR) is 121 cm³/mol. The monoisotopic (exact) mass is 464 g/mol. The number of benzene rings is 2. The normalized spacial score (nSPS) is 11.0. The van der Waals surface area contributed by atoms with E-state index >= 15 is 0 Å². The lowest BCUT2D eigenvalue weighted by Gasteiger charge is -2.11. The van der Waals surface area contributed by atoms with Gasteiger partial charge in [0, 0.05) is 11.4 Å². The van der Waals surface area contributed by atoms with E-state index < -0.39 is 5.82 Å². The van der Waals surface area contributed by atoms with Gasteiger partial charge >= 0.3 is 0 Å². The van der Waals surface area contributed by atoms with Gasteiger partial charge in [-0.15, -0.1) is 21.5 Å². The van der Waals surface area contributed by atoms with Gasteiger partial charge in [0.25, 0.3) is 0 Å². The van der Waals surface area contributed by atoms with E-state index in [0.29, 0.717) is 22.6 Å². The molecule has 0 atom stereocenters. The van der Waals surface area contributed by atoms with Crippen molar-refractivity contribution in [3.8, 4) is 22.2 Å². The first-order valence-electron chi connectivity index (χ1n) is 9.76. The van der Waals surface area contributed by atoms with E-state index in [0.717, 1.165) is 16.3 Å². The summed E-state index contributed by atoms with van der Waals surface area (Å²) in [5, 5.41) is 11.3. The SMILES string of the molecule is Fc1ccccc1OCc1nnc(SCc2coc(-c3cccs3)n2)n1-c1ccccc1. The zero-order valence-corrected chi connectivity index (χ0v) is 18.4. The van der Waals surface area contributed by atoms with Gasteiger partial charge < -0.3 is 9.15 Å². The Morgan fingerprint density at radius 1 is 1.00 bits per heavy atom. The molecular weight excluding hydrogens is 447 g/mol. The summed E-state index contributed by atoms with van der Waals surface area (Å²) in [6.45, 7) is 0.0792. The molecule has 3 heterocycles. The molecule has 0 amide bonds. The highest BCUT2D eigenvalue weighted by Gasteiger charge is 2.17. The molecule has 2 aromatic carbocycles. The Morgan fingerprint density at radius 3 is 2.66 bits per heavy atom. The van der Waals surface area contributed by atoms with Crippen molar-refractivity contribution in [2.75, 3.05) is 0 Å². The van der Waals surface area contributed by atoms with Gasteiger partial charge in [-0.25, -0.2) is 9.37 Å². The van der Waals surface area contributed by atoms with Gasteiger partial charge in [-0.05, 0) is 35.7 Å². The smallest absolute Gasteiger partial charge is 0.236 e. The van der Waals surface area contributed by atoms with Crippen molar-refractivity contribution in [3.63, 3.8) is 0 Å². The number of thiophene rings is 1. The van der Waals surface area contributed by atoms with Crippen molar-refractivity contribution in [2.24, 2.45) is 0 Å². The van der Waals surface area contributed by atoms with Crippen LogP contribution in [0.2, 0.25) is 0 Å². The maximum absolute atomic E-state index is 13.9. The van der Waals surface area contributed by atoms with E-state index in [1.54, 1.807) is 35.8 Å². The molecule has 3 aromatic heterocycles. The maximum atomic E-state index is 13.9. The van der Waals surface area contributed by atoms with Gasteiger partial charge in [0.2, 0.25) is 5.89 Å². The van der Waals surface area contributed by atoms with Crippen molar-refractivity contribution in [3.05, 3.63) is 95.7 Å². The highest BCUT2D eigenvalue weighted by molar-refractivity contribution is 7.98. The summed E-state index contributed by atoms with van der Waals surface area (Å²) >= 11 is 3.07. The Balaban J connectivity index is 1.37. The third kappa shape index (κ3) is 4.44. The number of rotatable bonds is 8. The molecule has 0 aliphatic carbocycles. The molecule has 0 unspecified atom stereocenters. The molecule has 0 saturated heterocycles. The summed E-state index contributed by atoms with van der Waals surface area (Å²) in [4.78, 5) is 5.55. The molecular formula is C23H17FN4O2S2. The lowest BCUT2D eigenvalue weighted by molar-refractivity contribution is 0.278. The molecule has 160 valence electrons. The highest BCUT2D eigenvalue weighted by atomic mass is 32.2. The van der Waals surface area contributed by atoms with Crippen LogP contribution in [0.25, 0.3) is 16.5 Å². The van der Waals surface area contributed by atoms with E-state index in [4.69, 9.17) is 9.15 Å². The lowest BCUT2D eigenvalue weighted by Crippen LogP contribution is -2.07. The minimum Gasteiger partial charge on any atom is -0.483 e. The summed E-state index contributed by atoms with van der Waals surface area (Å²) in [5.41, 5.74) is 1.71. The summed E-state index contributed by atoms with van der Waals surface area (Å²) in [6, 6.07) is 20.0. The molecule has 32 heavy (non-hydrogen) atoms. The third-order valence-corrected chi connectivity index (χ3v) is 6.36. The van der Waals surface area contributed by atoms with Crippen molar-refractivity contribution in [1.29, 1.82) is 0 Å². The Hall–Kier alpha value is -3.43. The number of nitrogens with zero attached hydrogens (tertiary/aromatic N) is 4. The van der Waals surface area contributed by atoms with Crippen LogP contribution in [0.15, 0.2) is 87.9 Å². The lowest BCUT2D eigenvalue weighted by atomic mass is 10.3. The fourth-order valence-electron chi connectivity index (χ4n) is 3.05. The van der Waals surface area contributed by atoms with E-state index in [-0.39, 0.29) is 12.4 Å². The summed E-state index contributed by atoms with van der Waals surface area (Å²) in [7, 11) is 0. The van der Waals surface area contributed by atoms with Crippen molar-refractivity contribution in [2.45, 2.75) is 17.5 Å². The van der Waals surface area contributed by atoms with Gasteiger partial charge in [0.15, 0.2) is 22.5 Å². The average molecular weight is 465 g/mol. The van der Waals surface area contributed by atoms with Gasteiger partial charge in [-0.3, -0.25) is 4.57 Å². The molecule has 0 radical (unpaired) electrons. The predicted octanol–water partition coefficient (Wildman–Crippen LogP) is 5.99. The molecule has 5 aromatic rings. The van der Waals surface area contributed by atoms with Crippen LogP contribution in [0.3, 0.4) is 0 Å². The first kappa shape index (κ1) is 20.5. The second-order valence-electron chi connectivity index (χ2n) is 6.70. The second-order valence-corrected chi connectivity index (χ2v) is 8.59. The number of para-hydroxylation sites is 2. The Bertz CT molecular complexity index is 1300. The van der Waals surface area contributed by atoms with Gasteiger partial charge in [-0.1, -0.05) is 48.2 Å². The van der Waals surface area contributed by atoms with E-state index in [2.05, 4.69) is 15.2 Å².